The molecule has 0 aliphatic carbocycles. The Balaban J connectivity index is 1.79. The van der Waals surface area contributed by atoms with Crippen molar-refractivity contribution in [2.45, 2.75) is 13.5 Å². The van der Waals surface area contributed by atoms with Crippen LogP contribution in [0.4, 0.5) is 11.8 Å². The molecule has 7 nitrogen and oxygen atoms in total. The van der Waals surface area contributed by atoms with Gasteiger partial charge in [0, 0.05) is 24.4 Å². The van der Waals surface area contributed by atoms with Gasteiger partial charge in [-0.2, -0.15) is 4.98 Å². The van der Waals surface area contributed by atoms with Crippen molar-refractivity contribution in [1.29, 1.82) is 0 Å². The summed E-state index contributed by atoms with van der Waals surface area (Å²) in [6.07, 6.45) is 1.69. The molecule has 0 spiro atoms. The highest BCUT2D eigenvalue weighted by atomic mass is 16.4. The summed E-state index contributed by atoms with van der Waals surface area (Å²) in [6.45, 7) is 2.37. The molecule has 7 heteroatoms. The van der Waals surface area contributed by atoms with E-state index in [0.29, 0.717) is 18.3 Å². The molecule has 2 N–H and O–H groups in total. The van der Waals surface area contributed by atoms with E-state index < -0.39 is 0 Å². The summed E-state index contributed by atoms with van der Waals surface area (Å²) in [6, 6.07) is 9.65. The van der Waals surface area contributed by atoms with Gasteiger partial charge in [0.05, 0.1) is 6.54 Å². The number of nitrogens with zero attached hydrogens (tertiary/aromatic N) is 5. The first-order valence-electron chi connectivity index (χ1n) is 6.81. The molecule has 0 aliphatic rings. The Hall–Kier alpha value is -2.96. The first-order valence-corrected chi connectivity index (χ1v) is 6.81. The Morgan fingerprint density at radius 2 is 1.95 bits per heavy atom. The molecule has 0 aliphatic heterocycles. The number of nitrogens with two attached hydrogens (primary N) is 1. The topological polar surface area (TPSA) is 94.0 Å². The van der Waals surface area contributed by atoms with E-state index in [4.69, 9.17) is 10.2 Å². The molecule has 0 amide bonds. The molecule has 1 aromatic carbocycles. The predicted octanol–water partition coefficient (Wildman–Crippen LogP) is 2.05. The summed E-state index contributed by atoms with van der Waals surface area (Å²) in [4.78, 5) is 10.1. The molecule has 3 aromatic rings. The highest BCUT2D eigenvalue weighted by Crippen LogP contribution is 2.20. The fourth-order valence-corrected chi connectivity index (χ4v) is 2.13. The molecule has 0 atom stereocenters. The third-order valence-electron chi connectivity index (χ3n) is 3.19. The molecule has 3 rings (SSSR count). The fraction of sp³-hybridized carbons (Fsp3) is 0.200. The second-order valence-corrected chi connectivity index (χ2v) is 4.96. The second kappa shape index (κ2) is 5.80. The third-order valence-corrected chi connectivity index (χ3v) is 3.19. The number of hydrogen-bond acceptors (Lipinski definition) is 7. The van der Waals surface area contributed by atoms with Crippen LogP contribution >= 0.6 is 0 Å². The van der Waals surface area contributed by atoms with E-state index in [1.807, 2.05) is 49.2 Å². The van der Waals surface area contributed by atoms with Crippen molar-refractivity contribution >= 4 is 11.8 Å². The molecule has 22 heavy (non-hydrogen) atoms. The zero-order valence-corrected chi connectivity index (χ0v) is 12.4. The van der Waals surface area contributed by atoms with Gasteiger partial charge in [0.25, 0.3) is 0 Å². The molecular weight excluding hydrogens is 280 g/mol. The molecule has 0 radical (unpaired) electrons. The van der Waals surface area contributed by atoms with Crippen LogP contribution in [0.1, 0.15) is 11.5 Å². The van der Waals surface area contributed by atoms with E-state index in [1.54, 1.807) is 6.20 Å². The van der Waals surface area contributed by atoms with E-state index in [0.717, 1.165) is 16.9 Å². The summed E-state index contributed by atoms with van der Waals surface area (Å²) in [5.41, 5.74) is 7.46. The zero-order chi connectivity index (χ0) is 15.5. The van der Waals surface area contributed by atoms with Gasteiger partial charge < -0.3 is 15.1 Å². The number of nitrogen functional groups attached to an aromatic ring is 1. The van der Waals surface area contributed by atoms with Crippen molar-refractivity contribution in [3.63, 3.8) is 0 Å². The number of anilines is 2. The Morgan fingerprint density at radius 3 is 2.73 bits per heavy atom. The summed E-state index contributed by atoms with van der Waals surface area (Å²) in [5.74, 6) is 2.00. The van der Waals surface area contributed by atoms with E-state index in [1.165, 1.54) is 0 Å². The predicted molar refractivity (Wildman–Crippen MR) is 83.0 cm³/mol. The van der Waals surface area contributed by atoms with Crippen LogP contribution in [0.15, 0.2) is 40.9 Å². The number of hydrogen-bond donors (Lipinski definition) is 1. The molecular formula is C15H16N6O. The smallest absolute Gasteiger partial charge is 0.247 e. The quantitative estimate of drug-likeness (QED) is 0.787. The maximum absolute atomic E-state index is 5.69. The lowest BCUT2D eigenvalue weighted by Crippen LogP contribution is -2.20. The minimum atomic E-state index is 0.239. The third kappa shape index (κ3) is 2.88. The van der Waals surface area contributed by atoms with Crippen LogP contribution < -0.4 is 10.6 Å². The van der Waals surface area contributed by atoms with E-state index in [9.17, 15) is 0 Å². The van der Waals surface area contributed by atoms with Gasteiger partial charge in [0.15, 0.2) is 0 Å². The van der Waals surface area contributed by atoms with Crippen LogP contribution in [-0.2, 0) is 6.54 Å². The normalized spacial score (nSPS) is 10.6. The largest absolute Gasteiger partial charge is 0.419 e. The molecule has 112 valence electrons. The fourth-order valence-electron chi connectivity index (χ4n) is 2.13. The first kappa shape index (κ1) is 14.0. The summed E-state index contributed by atoms with van der Waals surface area (Å²) in [5, 5.41) is 8.15. The zero-order valence-electron chi connectivity index (χ0n) is 12.4. The highest BCUT2D eigenvalue weighted by molar-refractivity contribution is 5.52. The molecule has 0 bridgehead atoms. The Bertz CT molecular complexity index is 771. The highest BCUT2D eigenvalue weighted by Gasteiger charge is 2.13. The van der Waals surface area contributed by atoms with Gasteiger partial charge >= 0.3 is 0 Å². The van der Waals surface area contributed by atoms with Crippen LogP contribution in [0.3, 0.4) is 0 Å². The number of rotatable bonds is 4. The molecule has 2 aromatic heterocycles. The summed E-state index contributed by atoms with van der Waals surface area (Å²) >= 11 is 0. The average Bonchev–Trinajstić information content (AvgIpc) is 2.99. The maximum Gasteiger partial charge on any atom is 0.247 e. The van der Waals surface area contributed by atoms with Crippen molar-refractivity contribution in [2.24, 2.45) is 0 Å². The van der Waals surface area contributed by atoms with Crippen LogP contribution in [0.25, 0.3) is 11.5 Å². The van der Waals surface area contributed by atoms with E-state index in [2.05, 4.69) is 20.2 Å². The lowest BCUT2D eigenvalue weighted by Gasteiger charge is -2.17. The van der Waals surface area contributed by atoms with Crippen molar-refractivity contribution in [3.8, 4) is 11.5 Å². The van der Waals surface area contributed by atoms with Crippen molar-refractivity contribution in [1.82, 2.24) is 20.2 Å². The summed E-state index contributed by atoms with van der Waals surface area (Å²) < 4.78 is 5.69. The lowest BCUT2D eigenvalue weighted by atomic mass is 10.2. The molecule has 0 saturated heterocycles. The van der Waals surface area contributed by atoms with Crippen LogP contribution in [0, 0.1) is 6.92 Å². The second-order valence-electron chi connectivity index (χ2n) is 4.96. The lowest BCUT2D eigenvalue weighted by molar-refractivity contribution is 0.502. The minimum absolute atomic E-state index is 0.239. The van der Waals surface area contributed by atoms with Crippen molar-refractivity contribution < 1.29 is 4.42 Å². The van der Waals surface area contributed by atoms with E-state index >= 15 is 0 Å². The molecule has 0 fully saturated rings. The molecule has 0 unspecified atom stereocenters. The Morgan fingerprint density at radius 1 is 1.18 bits per heavy atom. The van der Waals surface area contributed by atoms with Gasteiger partial charge in [0.1, 0.15) is 5.82 Å². The van der Waals surface area contributed by atoms with Gasteiger partial charge in [0.2, 0.25) is 17.7 Å². The SMILES string of the molecule is Cc1cnc(N)nc1N(C)Cc1nnc(-c2ccccc2)o1. The van der Waals surface area contributed by atoms with Gasteiger partial charge in [-0.1, -0.05) is 18.2 Å². The van der Waals surface area contributed by atoms with Gasteiger partial charge in [-0.15, -0.1) is 10.2 Å². The van der Waals surface area contributed by atoms with Crippen LogP contribution in [0.5, 0.6) is 0 Å². The molecule has 0 saturated carbocycles. The van der Waals surface area contributed by atoms with Crippen LogP contribution in [-0.4, -0.2) is 27.2 Å². The van der Waals surface area contributed by atoms with Crippen LogP contribution in [0.2, 0.25) is 0 Å². The van der Waals surface area contributed by atoms with Gasteiger partial charge in [-0.05, 0) is 19.1 Å². The maximum atomic E-state index is 5.69. The van der Waals surface area contributed by atoms with Gasteiger partial charge in [-0.3, -0.25) is 0 Å². The first-order chi connectivity index (χ1) is 10.6. The average molecular weight is 296 g/mol. The van der Waals surface area contributed by atoms with Crippen molar-refractivity contribution in [3.05, 3.63) is 48.0 Å². The molecule has 2 heterocycles. The standard InChI is InChI=1S/C15H16N6O/c1-10-8-17-15(16)18-13(10)21(2)9-12-19-20-14(22-12)11-6-4-3-5-7-11/h3-8H,9H2,1-2H3,(H2,16,17,18). The van der Waals surface area contributed by atoms with Gasteiger partial charge in [-0.25, -0.2) is 4.98 Å². The number of benzene rings is 1. The number of aromatic nitrogens is 4. The Kier molecular flexibility index (Phi) is 3.69. The Labute approximate surface area is 127 Å². The van der Waals surface area contributed by atoms with Crippen molar-refractivity contribution in [2.75, 3.05) is 17.7 Å². The van der Waals surface area contributed by atoms with E-state index in [-0.39, 0.29) is 5.95 Å². The number of aryl methyl sites for hydroxylation is 1. The monoisotopic (exact) mass is 296 g/mol. The summed E-state index contributed by atoms with van der Waals surface area (Å²) in [7, 11) is 1.89. The minimum Gasteiger partial charge on any atom is -0.419 e.